The number of hydrogen-bond donors (Lipinski definition) is 1. The van der Waals surface area contributed by atoms with Gasteiger partial charge in [0.2, 0.25) is 5.88 Å². The number of anilines is 2. The summed E-state index contributed by atoms with van der Waals surface area (Å²) in [5.74, 6) is -1.12. The maximum atomic E-state index is 13.2. The number of halogens is 4. The predicted molar refractivity (Wildman–Crippen MR) is 121 cm³/mol. The zero-order chi connectivity index (χ0) is 22.5. The molecule has 1 aliphatic heterocycles. The highest BCUT2D eigenvalue weighted by Crippen LogP contribution is 2.37. The number of aromatic nitrogens is 3. The Bertz CT molecular complexity index is 1190. The second kappa shape index (κ2) is 9.48. The fourth-order valence-corrected chi connectivity index (χ4v) is 3.64. The van der Waals surface area contributed by atoms with E-state index in [0.717, 1.165) is 12.1 Å². The zero-order valence-corrected chi connectivity index (χ0v) is 18.5. The lowest BCUT2D eigenvalue weighted by molar-refractivity contribution is -0.137. The number of amides is 2. The van der Waals surface area contributed by atoms with Crippen LogP contribution in [0.5, 0.6) is 0 Å². The number of carbonyl (C=O) groups excluding carboxylic acids is 2. The van der Waals surface area contributed by atoms with E-state index in [4.69, 9.17) is 16.1 Å². The van der Waals surface area contributed by atoms with Crippen molar-refractivity contribution in [2.24, 2.45) is 0 Å². The van der Waals surface area contributed by atoms with Crippen molar-refractivity contribution in [3.05, 3.63) is 58.0 Å². The molecule has 3 heterocycles. The summed E-state index contributed by atoms with van der Waals surface area (Å²) in [7, 11) is 0. The van der Waals surface area contributed by atoms with Crippen molar-refractivity contribution in [2.45, 2.75) is 33.5 Å². The summed E-state index contributed by atoms with van der Waals surface area (Å²) < 4.78 is 45.4. The molecule has 0 radical (unpaired) electrons. The molecule has 0 aliphatic carbocycles. The first kappa shape index (κ1) is 26.3. The Morgan fingerprint density at radius 1 is 1.30 bits per heavy atom. The van der Waals surface area contributed by atoms with Gasteiger partial charge in [0.15, 0.2) is 0 Å². The van der Waals surface area contributed by atoms with Crippen LogP contribution in [0.2, 0.25) is 5.02 Å². The standard InChI is InChI=1S/C19H15ClF3N5O3.CH4.H2S/c1-9-5-15(31-26-9)25-17(29)12-7-24-28-10(2)8-27(18(30)16(12)28)11-3-4-13(14(20)6-11)19(21,22)23;;/h3-7,10H,8H2,1-2H3,(H,25,29);1H4;1H2/t10-;;/m0../s1. The van der Waals surface area contributed by atoms with Crippen LogP contribution >= 0.6 is 25.1 Å². The molecule has 0 bridgehead atoms. The highest BCUT2D eigenvalue weighted by atomic mass is 35.5. The number of nitrogens with zero attached hydrogens (tertiary/aromatic N) is 4. The Labute approximate surface area is 199 Å². The molecule has 0 unspecified atom stereocenters. The summed E-state index contributed by atoms with van der Waals surface area (Å²) in [6.45, 7) is 3.58. The number of rotatable bonds is 3. The van der Waals surface area contributed by atoms with E-state index < -0.39 is 28.6 Å². The molecule has 2 amide bonds. The number of carbonyl (C=O) groups is 2. The van der Waals surface area contributed by atoms with Gasteiger partial charge in [-0.05, 0) is 32.0 Å². The number of fused-ring (bicyclic) bond motifs is 1. The second-order valence-corrected chi connectivity index (χ2v) is 7.47. The van der Waals surface area contributed by atoms with Crippen molar-refractivity contribution < 1.29 is 27.3 Å². The highest BCUT2D eigenvalue weighted by Gasteiger charge is 2.37. The van der Waals surface area contributed by atoms with Crippen LogP contribution in [0.4, 0.5) is 24.7 Å². The van der Waals surface area contributed by atoms with Crippen LogP contribution in [-0.2, 0) is 6.18 Å². The molecular weight excluding hydrogens is 483 g/mol. The van der Waals surface area contributed by atoms with Crippen LogP contribution in [0, 0.1) is 6.92 Å². The summed E-state index contributed by atoms with van der Waals surface area (Å²) >= 11 is 5.81. The molecule has 1 aliphatic rings. The third kappa shape index (κ3) is 4.86. The average Bonchev–Trinajstić information content (AvgIpc) is 3.30. The molecule has 1 aromatic carbocycles. The molecule has 13 heteroatoms. The number of alkyl halides is 3. The zero-order valence-electron chi connectivity index (χ0n) is 16.7. The molecule has 0 saturated carbocycles. The van der Waals surface area contributed by atoms with Crippen molar-refractivity contribution in [1.29, 1.82) is 0 Å². The lowest BCUT2D eigenvalue weighted by Gasteiger charge is -2.32. The van der Waals surface area contributed by atoms with Crippen molar-refractivity contribution in [3.63, 3.8) is 0 Å². The van der Waals surface area contributed by atoms with Gasteiger partial charge < -0.3 is 9.42 Å². The second-order valence-electron chi connectivity index (χ2n) is 7.06. The third-order valence-electron chi connectivity index (χ3n) is 4.79. The number of benzene rings is 1. The molecule has 2 aromatic heterocycles. The summed E-state index contributed by atoms with van der Waals surface area (Å²) in [5.41, 5.74) is -0.262. The van der Waals surface area contributed by atoms with Crippen LogP contribution in [0.25, 0.3) is 0 Å². The predicted octanol–water partition coefficient (Wildman–Crippen LogP) is 5.07. The Hall–Kier alpha value is -2.99. The molecule has 0 spiro atoms. The van der Waals surface area contributed by atoms with E-state index in [-0.39, 0.29) is 56.3 Å². The molecule has 33 heavy (non-hydrogen) atoms. The van der Waals surface area contributed by atoms with Crippen LogP contribution < -0.4 is 10.2 Å². The van der Waals surface area contributed by atoms with Gasteiger partial charge in [0, 0.05) is 18.3 Å². The topological polar surface area (TPSA) is 93.3 Å². The van der Waals surface area contributed by atoms with Gasteiger partial charge in [-0.3, -0.25) is 19.6 Å². The maximum Gasteiger partial charge on any atom is 0.417 e. The van der Waals surface area contributed by atoms with E-state index in [2.05, 4.69) is 15.6 Å². The van der Waals surface area contributed by atoms with E-state index in [1.165, 1.54) is 27.9 Å². The summed E-state index contributed by atoms with van der Waals surface area (Å²) in [4.78, 5) is 27.1. The van der Waals surface area contributed by atoms with Crippen LogP contribution in [0.3, 0.4) is 0 Å². The van der Waals surface area contributed by atoms with E-state index in [1.807, 2.05) is 0 Å². The minimum absolute atomic E-state index is 0. The molecule has 3 aromatic rings. The summed E-state index contributed by atoms with van der Waals surface area (Å²) in [6.07, 6.45) is -3.36. The molecule has 0 fully saturated rings. The average molecular weight is 504 g/mol. The van der Waals surface area contributed by atoms with Crippen molar-refractivity contribution in [3.8, 4) is 0 Å². The number of nitrogens with one attached hydrogen (secondary N) is 1. The van der Waals surface area contributed by atoms with Gasteiger partial charge in [-0.1, -0.05) is 24.2 Å². The van der Waals surface area contributed by atoms with Gasteiger partial charge in [0.1, 0.15) is 5.69 Å². The minimum atomic E-state index is -4.61. The van der Waals surface area contributed by atoms with Crippen molar-refractivity contribution in [1.82, 2.24) is 14.9 Å². The molecule has 8 nitrogen and oxygen atoms in total. The SMILES string of the molecule is C.Cc1cc(NC(=O)c2cnn3c2C(=O)N(c2ccc(C(F)(F)F)c(Cl)c2)C[C@@H]3C)on1.S. The smallest absolute Gasteiger partial charge is 0.338 e. The quantitative estimate of drug-likeness (QED) is 0.538. The Balaban J connectivity index is 0.00000193. The van der Waals surface area contributed by atoms with Crippen molar-refractivity contribution >= 4 is 48.5 Å². The highest BCUT2D eigenvalue weighted by molar-refractivity contribution is 7.59. The molecule has 1 atom stereocenters. The van der Waals surface area contributed by atoms with Gasteiger partial charge in [-0.15, -0.1) is 0 Å². The Kier molecular flexibility index (Phi) is 7.54. The minimum Gasteiger partial charge on any atom is -0.338 e. The Morgan fingerprint density at radius 3 is 2.58 bits per heavy atom. The Morgan fingerprint density at radius 2 is 2.00 bits per heavy atom. The normalized spacial score (nSPS) is 15.4. The van der Waals surface area contributed by atoms with Gasteiger partial charge in [-0.25, -0.2) is 0 Å². The third-order valence-corrected chi connectivity index (χ3v) is 5.10. The van der Waals surface area contributed by atoms with E-state index in [0.29, 0.717) is 5.69 Å². The van der Waals surface area contributed by atoms with E-state index in [1.54, 1.807) is 13.8 Å². The first-order chi connectivity index (χ1) is 14.6. The van der Waals surface area contributed by atoms with Crippen LogP contribution in [0.15, 0.2) is 35.0 Å². The van der Waals surface area contributed by atoms with Crippen molar-refractivity contribution in [2.75, 3.05) is 16.8 Å². The number of hydrogen-bond acceptors (Lipinski definition) is 5. The first-order valence-corrected chi connectivity index (χ1v) is 9.45. The summed E-state index contributed by atoms with van der Waals surface area (Å²) in [5, 5.41) is 9.78. The van der Waals surface area contributed by atoms with Gasteiger partial charge in [0.05, 0.1) is 34.1 Å². The molecule has 4 rings (SSSR count). The van der Waals surface area contributed by atoms with E-state index in [9.17, 15) is 22.8 Å². The molecule has 1 N–H and O–H groups in total. The lowest BCUT2D eigenvalue weighted by Crippen LogP contribution is -2.43. The molecule has 0 saturated heterocycles. The molecular formula is C20H21ClF3N5O3S. The first-order valence-electron chi connectivity index (χ1n) is 9.07. The van der Waals surface area contributed by atoms with E-state index >= 15 is 0 Å². The van der Waals surface area contributed by atoms with Gasteiger partial charge in [0.25, 0.3) is 11.8 Å². The fraction of sp³-hybridized carbons (Fsp3) is 0.300. The lowest BCUT2D eigenvalue weighted by atomic mass is 10.1. The van der Waals surface area contributed by atoms with Gasteiger partial charge in [-0.2, -0.15) is 31.8 Å². The maximum absolute atomic E-state index is 13.2. The monoisotopic (exact) mass is 503 g/mol. The fourth-order valence-electron chi connectivity index (χ4n) is 3.35. The largest absolute Gasteiger partial charge is 0.417 e. The summed E-state index contributed by atoms with van der Waals surface area (Å²) in [6, 6.07) is 4.24. The van der Waals surface area contributed by atoms with Crippen LogP contribution in [0.1, 0.15) is 52.5 Å². The van der Waals surface area contributed by atoms with Gasteiger partial charge >= 0.3 is 6.18 Å². The van der Waals surface area contributed by atoms with Crippen LogP contribution in [-0.4, -0.2) is 33.3 Å². The number of aryl methyl sites for hydroxylation is 1. The molecule has 178 valence electrons.